The smallest absolute Gasteiger partial charge is 0.339 e. The van der Waals surface area contributed by atoms with Crippen LogP contribution in [0, 0.1) is 0 Å². The number of methoxy groups -OCH3 is 1. The molecule has 0 bridgehead atoms. The van der Waals surface area contributed by atoms with Crippen molar-refractivity contribution in [3.8, 4) is 11.5 Å². The molecule has 76 valence electrons. The van der Waals surface area contributed by atoms with Crippen LogP contribution in [0.4, 0.5) is 0 Å². The van der Waals surface area contributed by atoms with Crippen LogP contribution in [0.2, 0.25) is 0 Å². The van der Waals surface area contributed by atoms with E-state index in [-0.39, 0.29) is 5.56 Å². The fourth-order valence-corrected chi connectivity index (χ4v) is 1.01. The number of aliphatic hydroxyl groups is 1. The van der Waals surface area contributed by atoms with E-state index in [2.05, 4.69) is 4.74 Å². The van der Waals surface area contributed by atoms with Gasteiger partial charge in [0.05, 0.1) is 7.11 Å². The Kier molecular flexibility index (Phi) is 2.93. The average molecular weight is 198 g/mol. The van der Waals surface area contributed by atoms with Gasteiger partial charge in [-0.1, -0.05) is 12.1 Å². The molecule has 1 aromatic rings. The molecule has 0 radical (unpaired) electrons. The Morgan fingerprint density at radius 3 is 2.64 bits per heavy atom. The lowest BCUT2D eigenvalue weighted by Crippen LogP contribution is -2.13. The molecule has 0 aromatic heterocycles. The largest absolute Gasteiger partial charge is 0.504 e. The molecular formula is C9H10O5. The molecule has 5 nitrogen and oxygen atoms in total. The third kappa shape index (κ3) is 1.77. The van der Waals surface area contributed by atoms with E-state index >= 15 is 0 Å². The fourth-order valence-electron chi connectivity index (χ4n) is 1.01. The Labute approximate surface area is 80.2 Å². The van der Waals surface area contributed by atoms with Crippen LogP contribution in [0.15, 0.2) is 18.2 Å². The van der Waals surface area contributed by atoms with Crippen LogP contribution in [0.25, 0.3) is 0 Å². The van der Waals surface area contributed by atoms with E-state index in [1.807, 2.05) is 0 Å². The second-order valence-electron chi connectivity index (χ2n) is 2.64. The number of carbonyl (C=O) groups is 1. The number of benzene rings is 1. The SMILES string of the molecule is COC(=O)C(O)c1cccc(O)c1O. The third-order valence-corrected chi connectivity index (χ3v) is 1.76. The van der Waals surface area contributed by atoms with Crippen molar-refractivity contribution in [2.45, 2.75) is 6.10 Å². The minimum Gasteiger partial charge on any atom is -0.504 e. The predicted molar refractivity (Wildman–Crippen MR) is 46.7 cm³/mol. The van der Waals surface area contributed by atoms with E-state index in [4.69, 9.17) is 5.11 Å². The summed E-state index contributed by atoms with van der Waals surface area (Å²) in [7, 11) is 1.12. The molecule has 0 saturated heterocycles. The predicted octanol–water partition coefficient (Wildman–Crippen LogP) is 0.304. The number of aliphatic hydroxyl groups excluding tert-OH is 1. The first-order valence-corrected chi connectivity index (χ1v) is 3.84. The molecule has 5 heteroatoms. The van der Waals surface area contributed by atoms with Crippen LogP contribution in [0.5, 0.6) is 11.5 Å². The van der Waals surface area contributed by atoms with E-state index < -0.39 is 23.6 Å². The van der Waals surface area contributed by atoms with E-state index in [0.29, 0.717) is 0 Å². The standard InChI is InChI=1S/C9H10O5/c1-14-9(13)8(12)5-3-2-4-6(10)7(5)11/h2-4,8,10-12H,1H3. The summed E-state index contributed by atoms with van der Waals surface area (Å²) in [5.41, 5.74) is -0.0862. The first-order valence-electron chi connectivity index (χ1n) is 3.84. The molecule has 1 atom stereocenters. The molecule has 1 aromatic carbocycles. The molecule has 0 aliphatic rings. The number of carbonyl (C=O) groups excluding carboxylic acids is 1. The van der Waals surface area contributed by atoms with Crippen LogP contribution in [0.1, 0.15) is 11.7 Å². The summed E-state index contributed by atoms with van der Waals surface area (Å²) in [5.74, 6) is -1.82. The summed E-state index contributed by atoms with van der Waals surface area (Å²) < 4.78 is 4.28. The maximum atomic E-state index is 10.9. The minimum atomic E-state index is -1.59. The number of hydrogen-bond donors (Lipinski definition) is 3. The van der Waals surface area contributed by atoms with Gasteiger partial charge in [0.1, 0.15) is 0 Å². The van der Waals surface area contributed by atoms with E-state index in [0.717, 1.165) is 7.11 Å². The van der Waals surface area contributed by atoms with E-state index in [1.165, 1.54) is 18.2 Å². The van der Waals surface area contributed by atoms with Crippen LogP contribution in [-0.4, -0.2) is 28.4 Å². The highest BCUT2D eigenvalue weighted by Gasteiger charge is 2.22. The Hall–Kier alpha value is -1.75. The van der Waals surface area contributed by atoms with Gasteiger partial charge < -0.3 is 20.1 Å². The minimum absolute atomic E-state index is 0.0862. The lowest BCUT2D eigenvalue weighted by molar-refractivity contribution is -0.150. The Morgan fingerprint density at radius 2 is 2.07 bits per heavy atom. The van der Waals surface area contributed by atoms with Crippen molar-refractivity contribution in [2.24, 2.45) is 0 Å². The third-order valence-electron chi connectivity index (χ3n) is 1.76. The molecule has 0 saturated carbocycles. The van der Waals surface area contributed by atoms with Crippen molar-refractivity contribution in [1.29, 1.82) is 0 Å². The zero-order valence-electron chi connectivity index (χ0n) is 7.47. The fraction of sp³-hybridized carbons (Fsp3) is 0.222. The number of hydrogen-bond acceptors (Lipinski definition) is 5. The van der Waals surface area contributed by atoms with E-state index in [9.17, 15) is 15.0 Å². The van der Waals surface area contributed by atoms with Gasteiger partial charge in [-0.25, -0.2) is 4.79 Å². The molecule has 0 aliphatic carbocycles. The van der Waals surface area contributed by atoms with Crippen molar-refractivity contribution < 1.29 is 24.9 Å². The zero-order chi connectivity index (χ0) is 10.7. The number of para-hydroxylation sites is 1. The molecule has 0 fully saturated rings. The summed E-state index contributed by atoms with van der Waals surface area (Å²) >= 11 is 0. The van der Waals surface area contributed by atoms with E-state index in [1.54, 1.807) is 0 Å². The first-order chi connectivity index (χ1) is 6.57. The van der Waals surface area contributed by atoms with Crippen LogP contribution in [0.3, 0.4) is 0 Å². The van der Waals surface area contributed by atoms with Gasteiger partial charge in [0.25, 0.3) is 0 Å². The van der Waals surface area contributed by atoms with Crippen LogP contribution < -0.4 is 0 Å². The number of ether oxygens (including phenoxy) is 1. The summed E-state index contributed by atoms with van der Waals surface area (Å²) in [6.45, 7) is 0. The topological polar surface area (TPSA) is 87.0 Å². The lowest BCUT2D eigenvalue weighted by Gasteiger charge is -2.10. The van der Waals surface area contributed by atoms with Gasteiger partial charge in [0.2, 0.25) is 0 Å². The molecular weight excluding hydrogens is 188 g/mol. The van der Waals surface area contributed by atoms with Crippen LogP contribution >= 0.6 is 0 Å². The second kappa shape index (κ2) is 3.97. The van der Waals surface area contributed by atoms with Gasteiger partial charge in [0.15, 0.2) is 17.6 Å². The number of phenols is 2. The molecule has 0 heterocycles. The molecule has 0 amide bonds. The summed E-state index contributed by atoms with van der Waals surface area (Å²) in [5, 5.41) is 27.7. The highest BCUT2D eigenvalue weighted by atomic mass is 16.5. The molecule has 1 unspecified atom stereocenters. The highest BCUT2D eigenvalue weighted by molar-refractivity contribution is 5.77. The van der Waals surface area contributed by atoms with Gasteiger partial charge in [0, 0.05) is 5.56 Å². The number of phenolic OH excluding ortho intramolecular Hbond substituents is 2. The number of esters is 1. The van der Waals surface area contributed by atoms with Gasteiger partial charge in [-0.3, -0.25) is 0 Å². The van der Waals surface area contributed by atoms with Crippen molar-refractivity contribution in [1.82, 2.24) is 0 Å². The molecule has 14 heavy (non-hydrogen) atoms. The first kappa shape index (κ1) is 10.3. The maximum absolute atomic E-state index is 10.9. The summed E-state index contributed by atoms with van der Waals surface area (Å²) in [6, 6.07) is 3.95. The summed E-state index contributed by atoms with van der Waals surface area (Å²) in [6.07, 6.45) is -1.59. The highest BCUT2D eigenvalue weighted by Crippen LogP contribution is 2.32. The van der Waals surface area contributed by atoms with Crippen LogP contribution in [-0.2, 0) is 9.53 Å². The quantitative estimate of drug-likeness (QED) is 0.470. The Morgan fingerprint density at radius 1 is 1.43 bits per heavy atom. The monoisotopic (exact) mass is 198 g/mol. The average Bonchev–Trinajstić information content (AvgIpc) is 2.20. The Bertz CT molecular complexity index is 347. The van der Waals surface area contributed by atoms with Crippen molar-refractivity contribution in [3.63, 3.8) is 0 Å². The molecule has 0 spiro atoms. The number of aromatic hydroxyl groups is 2. The normalized spacial score (nSPS) is 12.1. The van der Waals surface area contributed by atoms with Gasteiger partial charge >= 0.3 is 5.97 Å². The maximum Gasteiger partial charge on any atom is 0.339 e. The molecule has 0 aliphatic heterocycles. The summed E-state index contributed by atoms with van der Waals surface area (Å²) in [4.78, 5) is 10.9. The lowest BCUT2D eigenvalue weighted by atomic mass is 10.1. The van der Waals surface area contributed by atoms with Crippen molar-refractivity contribution in [3.05, 3.63) is 23.8 Å². The molecule has 1 rings (SSSR count). The second-order valence-corrected chi connectivity index (χ2v) is 2.64. The van der Waals surface area contributed by atoms with Gasteiger partial charge in [-0.15, -0.1) is 0 Å². The van der Waals surface area contributed by atoms with Crippen molar-refractivity contribution >= 4 is 5.97 Å². The van der Waals surface area contributed by atoms with Crippen molar-refractivity contribution in [2.75, 3.05) is 7.11 Å². The molecule has 3 N–H and O–H groups in total. The number of rotatable bonds is 2. The van der Waals surface area contributed by atoms with Gasteiger partial charge in [-0.2, -0.15) is 0 Å². The van der Waals surface area contributed by atoms with Gasteiger partial charge in [-0.05, 0) is 6.07 Å². The zero-order valence-corrected chi connectivity index (χ0v) is 7.47. The Balaban J connectivity index is 3.07.